The van der Waals surface area contributed by atoms with Gasteiger partial charge in [-0.3, -0.25) is 19.1 Å². The first kappa shape index (κ1) is 20.3. The van der Waals surface area contributed by atoms with E-state index in [1.54, 1.807) is 26.0 Å². The third-order valence-corrected chi connectivity index (χ3v) is 6.80. The number of hydrogen-bond acceptors (Lipinski definition) is 7. The van der Waals surface area contributed by atoms with E-state index in [0.29, 0.717) is 6.42 Å². The number of carbonyl (C=O) groups is 2. The summed E-state index contributed by atoms with van der Waals surface area (Å²) in [6.07, 6.45) is 3.88. The first-order valence-corrected chi connectivity index (χ1v) is 10.2. The lowest BCUT2D eigenvalue weighted by Crippen LogP contribution is -2.36. The molecule has 0 radical (unpaired) electrons. The van der Waals surface area contributed by atoms with Crippen LogP contribution in [0.15, 0.2) is 12.2 Å². The Hall–Kier alpha value is -1.05. The summed E-state index contributed by atoms with van der Waals surface area (Å²) in [7, 11) is -3.54. The molecule has 1 fully saturated rings. The Morgan fingerprint density at radius 3 is 2.48 bits per heavy atom. The Morgan fingerprint density at radius 1 is 1.20 bits per heavy atom. The third-order valence-electron chi connectivity index (χ3n) is 4.34. The molecule has 2 amide bonds. The van der Waals surface area contributed by atoms with Gasteiger partial charge in [0.05, 0.1) is 57.1 Å². The molecule has 2 rings (SSSR count). The molecule has 142 valence electrons. The maximum absolute atomic E-state index is 13.1. The van der Waals surface area contributed by atoms with Crippen LogP contribution in [0.4, 0.5) is 0 Å². The molecule has 1 aliphatic heterocycles. The van der Waals surface area contributed by atoms with Crippen molar-refractivity contribution in [2.75, 3.05) is 39.6 Å². The molecule has 0 aromatic heterocycles. The summed E-state index contributed by atoms with van der Waals surface area (Å²) < 4.78 is 29.1. The number of ether oxygens (including phenoxy) is 1. The van der Waals surface area contributed by atoms with Crippen LogP contribution in [0.3, 0.4) is 0 Å². The van der Waals surface area contributed by atoms with Crippen LogP contribution in [0.2, 0.25) is 0 Å². The normalized spacial score (nSPS) is 26.4. The van der Waals surface area contributed by atoms with Gasteiger partial charge in [-0.2, -0.15) is 0 Å². The summed E-state index contributed by atoms with van der Waals surface area (Å²) in [5.41, 5.74) is -0.758. The Kier molecular flexibility index (Phi) is 7.34. The van der Waals surface area contributed by atoms with Crippen molar-refractivity contribution in [1.29, 1.82) is 0 Å². The second kappa shape index (κ2) is 9.05. The topological polar surface area (TPSA) is 102 Å². The summed E-state index contributed by atoms with van der Waals surface area (Å²) in [5.74, 6) is -1.93. The molecule has 8 nitrogen and oxygen atoms in total. The van der Waals surface area contributed by atoms with Crippen molar-refractivity contribution in [3.05, 3.63) is 12.2 Å². The number of likely N-dealkylation sites (tertiary alicyclic amines) is 1. The smallest absolute Gasteiger partial charge is 0.338 e. The Morgan fingerprint density at radius 2 is 1.88 bits per heavy atom. The molecule has 1 aliphatic carbocycles. The number of amides is 2. The quantitative estimate of drug-likeness (QED) is 0.265. The van der Waals surface area contributed by atoms with Crippen LogP contribution in [0.1, 0.15) is 20.3 Å². The van der Waals surface area contributed by atoms with Crippen molar-refractivity contribution >= 4 is 19.4 Å². The van der Waals surface area contributed by atoms with Gasteiger partial charge in [-0.05, 0) is 20.3 Å². The van der Waals surface area contributed by atoms with Crippen molar-refractivity contribution in [2.24, 2.45) is 11.8 Å². The summed E-state index contributed by atoms with van der Waals surface area (Å²) in [6.45, 7) is 4.11. The third kappa shape index (κ3) is 4.20. The predicted molar refractivity (Wildman–Crippen MR) is 90.0 cm³/mol. The average molecular weight is 375 g/mol. The maximum Gasteiger partial charge on any atom is 0.338 e. The number of hydrogen-bond donors (Lipinski definition) is 1. The number of nitrogens with zero attached hydrogens (tertiary/aromatic N) is 1. The van der Waals surface area contributed by atoms with Crippen molar-refractivity contribution in [2.45, 2.75) is 25.9 Å². The number of aliphatic hydroxyl groups is 1. The van der Waals surface area contributed by atoms with E-state index in [4.69, 9.17) is 18.9 Å². The highest BCUT2D eigenvalue weighted by Gasteiger charge is 2.56. The lowest BCUT2D eigenvalue weighted by molar-refractivity contribution is -0.140. The zero-order valence-electron chi connectivity index (χ0n) is 14.6. The van der Waals surface area contributed by atoms with Crippen LogP contribution >= 0.6 is 7.60 Å². The van der Waals surface area contributed by atoms with Gasteiger partial charge in [0.15, 0.2) is 0 Å². The van der Waals surface area contributed by atoms with Crippen molar-refractivity contribution in [3.63, 3.8) is 0 Å². The van der Waals surface area contributed by atoms with Gasteiger partial charge in [-0.1, -0.05) is 12.2 Å². The molecule has 9 heteroatoms. The second-order valence-corrected chi connectivity index (χ2v) is 8.02. The second-order valence-electron chi connectivity index (χ2n) is 5.83. The minimum atomic E-state index is -3.54. The number of rotatable bonds is 10. The number of carbonyl (C=O) groups excluding carboxylic acids is 2. The molecule has 1 N–H and O–H groups in total. The Bertz CT molecular complexity index is 555. The molecule has 0 bridgehead atoms. The molecular formula is C16H26NO7P. The van der Waals surface area contributed by atoms with E-state index in [1.807, 2.05) is 0 Å². The van der Waals surface area contributed by atoms with Gasteiger partial charge in [0.1, 0.15) is 0 Å². The fraction of sp³-hybridized carbons (Fsp3) is 0.750. The SMILES string of the molecule is CCOP(=O)(OCC)[C@@H]1C=CC[C@@H]2C(=O)N(CCOCCO)C(=O)[C@@H]21. The molecule has 1 saturated heterocycles. The van der Waals surface area contributed by atoms with Crippen molar-refractivity contribution in [1.82, 2.24) is 4.90 Å². The fourth-order valence-electron chi connectivity index (χ4n) is 3.34. The van der Waals surface area contributed by atoms with Gasteiger partial charge in [0.2, 0.25) is 11.8 Å². The molecule has 0 unspecified atom stereocenters. The summed E-state index contributed by atoms with van der Waals surface area (Å²) in [4.78, 5) is 26.6. The van der Waals surface area contributed by atoms with E-state index in [0.717, 1.165) is 4.90 Å². The van der Waals surface area contributed by atoms with Crippen LogP contribution < -0.4 is 0 Å². The molecule has 1 heterocycles. The van der Waals surface area contributed by atoms with Gasteiger partial charge in [-0.15, -0.1) is 0 Å². The van der Waals surface area contributed by atoms with Gasteiger partial charge in [0, 0.05) is 0 Å². The first-order chi connectivity index (χ1) is 12.0. The van der Waals surface area contributed by atoms with E-state index < -0.39 is 25.1 Å². The summed E-state index contributed by atoms with van der Waals surface area (Å²) in [5, 5.41) is 8.72. The minimum Gasteiger partial charge on any atom is -0.394 e. The van der Waals surface area contributed by atoms with Crippen LogP contribution in [-0.4, -0.2) is 67.1 Å². The van der Waals surface area contributed by atoms with Gasteiger partial charge in [-0.25, -0.2) is 0 Å². The van der Waals surface area contributed by atoms with Crippen molar-refractivity contribution < 1.29 is 33.0 Å². The summed E-state index contributed by atoms with van der Waals surface area (Å²) in [6, 6.07) is 0. The van der Waals surface area contributed by atoms with E-state index in [1.165, 1.54) is 0 Å². The van der Waals surface area contributed by atoms with E-state index >= 15 is 0 Å². The van der Waals surface area contributed by atoms with Crippen LogP contribution in [0.25, 0.3) is 0 Å². The first-order valence-electron chi connectivity index (χ1n) is 8.59. The molecular weight excluding hydrogens is 349 g/mol. The highest BCUT2D eigenvalue weighted by molar-refractivity contribution is 7.55. The monoisotopic (exact) mass is 375 g/mol. The molecule has 0 saturated carbocycles. The number of allylic oxidation sites excluding steroid dienone is 2. The van der Waals surface area contributed by atoms with E-state index in [2.05, 4.69) is 0 Å². The van der Waals surface area contributed by atoms with Gasteiger partial charge >= 0.3 is 7.60 Å². The predicted octanol–water partition coefficient (Wildman–Crippen LogP) is 1.19. The molecule has 3 atom stereocenters. The molecule has 0 aromatic rings. The van der Waals surface area contributed by atoms with Crippen LogP contribution in [0.5, 0.6) is 0 Å². The van der Waals surface area contributed by atoms with Crippen molar-refractivity contribution in [3.8, 4) is 0 Å². The standard InChI is InChI=1S/C16H26NO7P/c1-3-23-25(21,24-4-2)13-7-5-6-12-14(13)16(20)17(15(12)19)8-10-22-11-9-18/h5,7,12-14,18H,3-4,6,8-11H2,1-2H3/t12-,13+,14-/m0/s1. The zero-order valence-corrected chi connectivity index (χ0v) is 15.5. The zero-order chi connectivity index (χ0) is 18.4. The maximum atomic E-state index is 13.1. The van der Waals surface area contributed by atoms with E-state index in [-0.39, 0.29) is 51.4 Å². The lowest BCUT2D eigenvalue weighted by atomic mass is 9.85. The average Bonchev–Trinajstić information content (AvgIpc) is 2.84. The molecule has 2 aliphatic rings. The fourth-order valence-corrected chi connectivity index (χ4v) is 5.54. The Labute approximate surface area is 147 Å². The van der Waals surface area contributed by atoms with Crippen LogP contribution in [-0.2, 0) is 27.9 Å². The van der Waals surface area contributed by atoms with Gasteiger partial charge < -0.3 is 18.9 Å². The molecule has 0 aromatic carbocycles. The highest BCUT2D eigenvalue weighted by atomic mass is 31.2. The minimum absolute atomic E-state index is 0.116. The number of fused-ring (bicyclic) bond motifs is 1. The highest BCUT2D eigenvalue weighted by Crippen LogP contribution is 2.59. The lowest BCUT2D eigenvalue weighted by Gasteiger charge is -2.31. The van der Waals surface area contributed by atoms with E-state index in [9.17, 15) is 14.2 Å². The van der Waals surface area contributed by atoms with Crippen LogP contribution in [0, 0.1) is 11.8 Å². The van der Waals surface area contributed by atoms with Gasteiger partial charge in [0.25, 0.3) is 0 Å². The molecule has 25 heavy (non-hydrogen) atoms. The summed E-state index contributed by atoms with van der Waals surface area (Å²) >= 11 is 0. The number of aliphatic hydroxyl groups excluding tert-OH is 1. The Balaban J connectivity index is 2.19. The molecule has 0 spiro atoms. The number of imide groups is 1. The largest absolute Gasteiger partial charge is 0.394 e.